The van der Waals surface area contributed by atoms with E-state index in [0.29, 0.717) is 19.1 Å². The standard InChI is InChI=1S/C15H26ClN3O2/c1-11(2)15-17-9-14(13(8-16)18-15)19(6-7-20-4)12(3)10-21-5/h9,11-12H,6-8,10H2,1-5H3. The number of alkyl halides is 1. The van der Waals surface area contributed by atoms with Gasteiger partial charge in [-0.2, -0.15) is 0 Å². The number of rotatable bonds is 9. The van der Waals surface area contributed by atoms with Crippen molar-refractivity contribution in [2.45, 2.75) is 38.6 Å². The van der Waals surface area contributed by atoms with Gasteiger partial charge in [-0.1, -0.05) is 13.8 Å². The number of methoxy groups -OCH3 is 2. The Labute approximate surface area is 132 Å². The number of nitrogens with zero attached hydrogens (tertiary/aromatic N) is 3. The van der Waals surface area contributed by atoms with Crippen molar-refractivity contribution in [2.24, 2.45) is 0 Å². The Morgan fingerprint density at radius 3 is 2.48 bits per heavy atom. The SMILES string of the molecule is COCCN(c1cnc(C(C)C)nc1CCl)C(C)COC. The van der Waals surface area contributed by atoms with Gasteiger partial charge in [-0.25, -0.2) is 9.97 Å². The Kier molecular flexibility index (Phi) is 7.93. The fourth-order valence-corrected chi connectivity index (χ4v) is 2.34. The van der Waals surface area contributed by atoms with Crippen LogP contribution >= 0.6 is 11.6 Å². The lowest BCUT2D eigenvalue weighted by Crippen LogP contribution is -2.39. The lowest BCUT2D eigenvalue weighted by molar-refractivity contribution is 0.171. The summed E-state index contributed by atoms with van der Waals surface area (Å²) in [5, 5.41) is 0. The molecule has 0 bridgehead atoms. The molecule has 1 rings (SSSR count). The monoisotopic (exact) mass is 315 g/mol. The maximum absolute atomic E-state index is 6.09. The third-order valence-electron chi connectivity index (χ3n) is 3.29. The molecule has 1 heterocycles. The van der Waals surface area contributed by atoms with Crippen LogP contribution in [-0.4, -0.2) is 50.0 Å². The summed E-state index contributed by atoms with van der Waals surface area (Å²) < 4.78 is 10.5. The van der Waals surface area contributed by atoms with Crippen molar-refractivity contribution in [2.75, 3.05) is 38.9 Å². The highest BCUT2D eigenvalue weighted by molar-refractivity contribution is 6.17. The van der Waals surface area contributed by atoms with Crippen LogP contribution < -0.4 is 4.90 Å². The molecule has 1 atom stereocenters. The van der Waals surface area contributed by atoms with Crippen molar-refractivity contribution in [3.63, 3.8) is 0 Å². The summed E-state index contributed by atoms with van der Waals surface area (Å²) in [4.78, 5) is 11.3. The first-order valence-corrected chi connectivity index (χ1v) is 7.74. The van der Waals surface area contributed by atoms with E-state index in [1.54, 1.807) is 14.2 Å². The molecule has 0 radical (unpaired) electrons. The molecule has 0 aliphatic carbocycles. The summed E-state index contributed by atoms with van der Waals surface area (Å²) in [5.74, 6) is 1.46. The van der Waals surface area contributed by atoms with Crippen LogP contribution in [0.3, 0.4) is 0 Å². The minimum atomic E-state index is 0.195. The summed E-state index contributed by atoms with van der Waals surface area (Å²) >= 11 is 6.09. The van der Waals surface area contributed by atoms with E-state index in [1.165, 1.54) is 0 Å². The van der Waals surface area contributed by atoms with Crippen LogP contribution in [0, 0.1) is 0 Å². The predicted molar refractivity (Wildman–Crippen MR) is 86.2 cm³/mol. The highest BCUT2D eigenvalue weighted by atomic mass is 35.5. The molecule has 1 unspecified atom stereocenters. The van der Waals surface area contributed by atoms with Crippen molar-refractivity contribution in [1.29, 1.82) is 0 Å². The first-order valence-electron chi connectivity index (χ1n) is 7.21. The molecule has 120 valence electrons. The van der Waals surface area contributed by atoms with Crippen molar-refractivity contribution in [3.8, 4) is 0 Å². The van der Waals surface area contributed by atoms with Gasteiger partial charge in [0.05, 0.1) is 36.7 Å². The van der Waals surface area contributed by atoms with E-state index < -0.39 is 0 Å². The van der Waals surface area contributed by atoms with Crippen LogP contribution in [0.15, 0.2) is 6.20 Å². The Hall–Kier alpha value is -0.910. The fourth-order valence-electron chi connectivity index (χ4n) is 2.14. The van der Waals surface area contributed by atoms with E-state index in [0.717, 1.165) is 23.8 Å². The highest BCUT2D eigenvalue weighted by Gasteiger charge is 2.19. The van der Waals surface area contributed by atoms with Crippen molar-refractivity contribution in [1.82, 2.24) is 9.97 Å². The summed E-state index contributed by atoms with van der Waals surface area (Å²) in [5.41, 5.74) is 1.81. The molecule has 6 heteroatoms. The Morgan fingerprint density at radius 2 is 1.95 bits per heavy atom. The van der Waals surface area contributed by atoms with Gasteiger partial charge < -0.3 is 14.4 Å². The molecule has 1 aromatic rings. The molecule has 0 aliphatic rings. The number of ether oxygens (including phenoxy) is 2. The van der Waals surface area contributed by atoms with Gasteiger partial charge >= 0.3 is 0 Å². The zero-order valence-corrected chi connectivity index (χ0v) is 14.4. The third kappa shape index (κ3) is 5.09. The van der Waals surface area contributed by atoms with Crippen LogP contribution in [0.2, 0.25) is 0 Å². The molecular weight excluding hydrogens is 290 g/mol. The molecule has 0 spiro atoms. The van der Waals surface area contributed by atoms with E-state index in [1.807, 2.05) is 6.20 Å². The zero-order chi connectivity index (χ0) is 15.8. The van der Waals surface area contributed by atoms with E-state index in [2.05, 4.69) is 35.6 Å². The third-order valence-corrected chi connectivity index (χ3v) is 3.55. The van der Waals surface area contributed by atoms with E-state index in [4.69, 9.17) is 21.1 Å². The second-order valence-electron chi connectivity index (χ2n) is 5.34. The Bertz CT molecular complexity index is 429. The smallest absolute Gasteiger partial charge is 0.131 e. The maximum Gasteiger partial charge on any atom is 0.131 e. The van der Waals surface area contributed by atoms with Crippen LogP contribution in [-0.2, 0) is 15.4 Å². The van der Waals surface area contributed by atoms with E-state index in [9.17, 15) is 0 Å². The summed E-state index contributed by atoms with van der Waals surface area (Å²) in [7, 11) is 3.39. The van der Waals surface area contributed by atoms with Crippen LogP contribution in [0.25, 0.3) is 0 Å². The molecule has 0 amide bonds. The molecule has 0 aromatic carbocycles. The molecular formula is C15H26ClN3O2. The zero-order valence-electron chi connectivity index (χ0n) is 13.6. The van der Waals surface area contributed by atoms with Gasteiger partial charge in [-0.15, -0.1) is 11.6 Å². The van der Waals surface area contributed by atoms with Crippen molar-refractivity contribution >= 4 is 17.3 Å². The van der Waals surface area contributed by atoms with E-state index >= 15 is 0 Å². The Morgan fingerprint density at radius 1 is 1.24 bits per heavy atom. The second kappa shape index (κ2) is 9.18. The number of hydrogen-bond acceptors (Lipinski definition) is 5. The van der Waals surface area contributed by atoms with Crippen molar-refractivity contribution in [3.05, 3.63) is 17.7 Å². The summed E-state index contributed by atoms with van der Waals surface area (Å²) in [6.07, 6.45) is 1.86. The topological polar surface area (TPSA) is 47.5 Å². The molecule has 21 heavy (non-hydrogen) atoms. The molecule has 0 N–H and O–H groups in total. The minimum absolute atomic E-state index is 0.195. The quantitative estimate of drug-likeness (QED) is 0.656. The van der Waals surface area contributed by atoms with Crippen molar-refractivity contribution < 1.29 is 9.47 Å². The normalized spacial score (nSPS) is 12.7. The van der Waals surface area contributed by atoms with Gasteiger partial charge in [0, 0.05) is 32.7 Å². The first-order chi connectivity index (χ1) is 10.0. The highest BCUT2D eigenvalue weighted by Crippen LogP contribution is 2.24. The van der Waals surface area contributed by atoms with Gasteiger partial charge in [0.15, 0.2) is 0 Å². The lowest BCUT2D eigenvalue weighted by atomic mass is 10.2. The number of aromatic nitrogens is 2. The molecule has 0 aliphatic heterocycles. The van der Waals surface area contributed by atoms with Gasteiger partial charge in [-0.05, 0) is 6.92 Å². The summed E-state index contributed by atoms with van der Waals surface area (Å²) in [6, 6.07) is 0.195. The fraction of sp³-hybridized carbons (Fsp3) is 0.733. The van der Waals surface area contributed by atoms with Gasteiger partial charge in [-0.3, -0.25) is 0 Å². The largest absolute Gasteiger partial charge is 0.383 e. The molecule has 5 nitrogen and oxygen atoms in total. The average molecular weight is 316 g/mol. The molecule has 0 saturated heterocycles. The Balaban J connectivity index is 3.10. The van der Waals surface area contributed by atoms with Gasteiger partial charge in [0.25, 0.3) is 0 Å². The van der Waals surface area contributed by atoms with Gasteiger partial charge in [0.1, 0.15) is 5.82 Å². The number of hydrogen-bond donors (Lipinski definition) is 0. The maximum atomic E-state index is 6.09. The molecule has 1 aromatic heterocycles. The first kappa shape index (κ1) is 18.1. The van der Waals surface area contributed by atoms with Gasteiger partial charge in [0.2, 0.25) is 0 Å². The number of halogens is 1. The minimum Gasteiger partial charge on any atom is -0.383 e. The molecule has 0 fully saturated rings. The van der Waals surface area contributed by atoms with Crippen LogP contribution in [0.5, 0.6) is 0 Å². The molecule has 0 saturated carbocycles. The van der Waals surface area contributed by atoms with Crippen LogP contribution in [0.4, 0.5) is 5.69 Å². The lowest BCUT2D eigenvalue weighted by Gasteiger charge is -2.31. The summed E-state index contributed by atoms with van der Waals surface area (Å²) in [6.45, 7) is 8.24. The van der Waals surface area contributed by atoms with Crippen LogP contribution in [0.1, 0.15) is 38.2 Å². The predicted octanol–water partition coefficient (Wildman–Crippen LogP) is 2.83. The average Bonchev–Trinajstić information content (AvgIpc) is 2.47. The van der Waals surface area contributed by atoms with E-state index in [-0.39, 0.29) is 12.0 Å². The second-order valence-corrected chi connectivity index (χ2v) is 5.61. The number of anilines is 1.